The highest BCUT2D eigenvalue weighted by molar-refractivity contribution is 5.44. The Morgan fingerprint density at radius 2 is 1.71 bits per heavy atom. The van der Waals surface area contributed by atoms with Crippen molar-refractivity contribution < 1.29 is 5.11 Å². The van der Waals surface area contributed by atoms with Gasteiger partial charge in [-0.15, -0.1) is 0 Å². The number of anilines is 3. The van der Waals surface area contributed by atoms with E-state index in [4.69, 9.17) is 5.84 Å². The van der Waals surface area contributed by atoms with Crippen molar-refractivity contribution >= 4 is 17.8 Å². The molecule has 2 unspecified atom stereocenters. The minimum Gasteiger partial charge on any atom is -0.391 e. The minimum atomic E-state index is -0.347. The average Bonchev–Trinajstić information content (AvgIpc) is 3.04. The van der Waals surface area contributed by atoms with Gasteiger partial charge in [-0.2, -0.15) is 15.0 Å². The molecule has 0 bridgehead atoms. The lowest BCUT2D eigenvalue weighted by Crippen LogP contribution is -2.37. The molecule has 0 aromatic carbocycles. The summed E-state index contributed by atoms with van der Waals surface area (Å²) >= 11 is 0. The molecule has 8 heteroatoms. The van der Waals surface area contributed by atoms with Crippen LogP contribution in [-0.2, 0) is 0 Å². The van der Waals surface area contributed by atoms with Crippen LogP contribution in [0.1, 0.15) is 38.5 Å². The summed E-state index contributed by atoms with van der Waals surface area (Å²) < 4.78 is 0. The van der Waals surface area contributed by atoms with Crippen LogP contribution in [0.15, 0.2) is 0 Å². The summed E-state index contributed by atoms with van der Waals surface area (Å²) in [4.78, 5) is 15.2. The number of aliphatic hydroxyl groups excluding tert-OH is 1. The smallest absolute Gasteiger partial charge is 0.243 e. The Balaban J connectivity index is 1.78. The molecule has 3 rings (SSSR count). The highest BCUT2D eigenvalue weighted by Crippen LogP contribution is 2.23. The Kier molecular flexibility index (Phi) is 4.35. The van der Waals surface area contributed by atoms with Crippen molar-refractivity contribution in [3.05, 3.63) is 0 Å². The molecule has 5 N–H and O–H groups in total. The Labute approximate surface area is 124 Å². The molecular formula is C13H23N7O. The second kappa shape index (κ2) is 6.40. The van der Waals surface area contributed by atoms with Crippen LogP contribution in [0, 0.1) is 0 Å². The lowest BCUT2D eigenvalue weighted by molar-refractivity contribution is 0.116. The SMILES string of the molecule is NNc1nc(NC2CCCCC2O)nc(N2CCCC2)n1. The van der Waals surface area contributed by atoms with Crippen molar-refractivity contribution in [1.82, 2.24) is 15.0 Å². The predicted octanol–water partition coefficient (Wildman–Crippen LogP) is 0.473. The van der Waals surface area contributed by atoms with E-state index in [2.05, 4.69) is 30.6 Å². The molecule has 0 amide bonds. The van der Waals surface area contributed by atoms with Gasteiger partial charge in [-0.05, 0) is 25.7 Å². The zero-order valence-electron chi connectivity index (χ0n) is 12.1. The molecule has 8 nitrogen and oxygen atoms in total. The van der Waals surface area contributed by atoms with Gasteiger partial charge in [-0.3, -0.25) is 5.43 Å². The summed E-state index contributed by atoms with van der Waals surface area (Å²) in [5.41, 5.74) is 2.49. The number of hydrogen-bond acceptors (Lipinski definition) is 8. The molecule has 2 heterocycles. The molecule has 2 fully saturated rings. The van der Waals surface area contributed by atoms with Crippen LogP contribution in [0.3, 0.4) is 0 Å². The maximum absolute atomic E-state index is 10.1. The third-order valence-electron chi connectivity index (χ3n) is 4.19. The van der Waals surface area contributed by atoms with Gasteiger partial charge in [-0.1, -0.05) is 12.8 Å². The van der Waals surface area contributed by atoms with E-state index in [9.17, 15) is 5.11 Å². The van der Waals surface area contributed by atoms with Gasteiger partial charge < -0.3 is 15.3 Å². The van der Waals surface area contributed by atoms with Crippen LogP contribution in [-0.4, -0.2) is 45.3 Å². The first-order valence-electron chi connectivity index (χ1n) is 7.68. The quantitative estimate of drug-likeness (QED) is 0.468. The third-order valence-corrected chi connectivity index (χ3v) is 4.19. The Morgan fingerprint density at radius 1 is 1.00 bits per heavy atom. The van der Waals surface area contributed by atoms with Crippen LogP contribution in [0.2, 0.25) is 0 Å². The summed E-state index contributed by atoms with van der Waals surface area (Å²) in [5.74, 6) is 6.91. The van der Waals surface area contributed by atoms with Gasteiger partial charge in [-0.25, -0.2) is 5.84 Å². The maximum atomic E-state index is 10.1. The molecule has 1 saturated heterocycles. The number of aromatic nitrogens is 3. The summed E-state index contributed by atoms with van der Waals surface area (Å²) in [6.07, 6.45) is 5.90. The van der Waals surface area contributed by atoms with E-state index < -0.39 is 0 Å². The average molecular weight is 293 g/mol. The molecule has 2 aliphatic rings. The largest absolute Gasteiger partial charge is 0.391 e. The van der Waals surface area contributed by atoms with E-state index in [1.54, 1.807) is 0 Å². The van der Waals surface area contributed by atoms with Crippen molar-refractivity contribution in [2.24, 2.45) is 5.84 Å². The topological polar surface area (TPSA) is 112 Å². The van der Waals surface area contributed by atoms with Crippen molar-refractivity contribution in [1.29, 1.82) is 0 Å². The fraction of sp³-hybridized carbons (Fsp3) is 0.769. The highest BCUT2D eigenvalue weighted by atomic mass is 16.3. The standard InChI is InChI=1S/C13H23N7O/c14-19-12-16-11(15-9-5-1-2-6-10(9)21)17-13(18-12)20-7-3-4-8-20/h9-10,21H,1-8,14H2,(H2,15,16,17,18,19). The van der Waals surface area contributed by atoms with Crippen LogP contribution in [0.25, 0.3) is 0 Å². The lowest BCUT2D eigenvalue weighted by atomic mass is 9.93. The van der Waals surface area contributed by atoms with Crippen molar-refractivity contribution in [2.45, 2.75) is 50.7 Å². The molecular weight excluding hydrogens is 270 g/mol. The van der Waals surface area contributed by atoms with Crippen LogP contribution in [0.4, 0.5) is 17.8 Å². The molecule has 116 valence electrons. The van der Waals surface area contributed by atoms with Gasteiger partial charge in [0.2, 0.25) is 17.8 Å². The summed E-state index contributed by atoms with van der Waals surface area (Å²) in [5, 5.41) is 13.3. The molecule has 1 aromatic heterocycles. The fourth-order valence-corrected chi connectivity index (χ4v) is 3.00. The molecule has 21 heavy (non-hydrogen) atoms. The number of nitrogen functional groups attached to an aromatic ring is 1. The first kappa shape index (κ1) is 14.3. The summed E-state index contributed by atoms with van der Waals surface area (Å²) in [6, 6.07) is -0.00166. The van der Waals surface area contributed by atoms with Gasteiger partial charge in [0.05, 0.1) is 12.1 Å². The second-order valence-electron chi connectivity index (χ2n) is 5.72. The predicted molar refractivity (Wildman–Crippen MR) is 81.0 cm³/mol. The van der Waals surface area contributed by atoms with Gasteiger partial charge in [0, 0.05) is 13.1 Å². The van der Waals surface area contributed by atoms with Gasteiger partial charge >= 0.3 is 0 Å². The zero-order chi connectivity index (χ0) is 14.7. The van der Waals surface area contributed by atoms with Gasteiger partial charge in [0.25, 0.3) is 0 Å². The van der Waals surface area contributed by atoms with E-state index in [1.165, 1.54) is 0 Å². The second-order valence-corrected chi connectivity index (χ2v) is 5.72. The molecule has 1 aliphatic heterocycles. The maximum Gasteiger partial charge on any atom is 0.243 e. The normalized spacial score (nSPS) is 25.9. The first-order chi connectivity index (χ1) is 10.3. The fourth-order valence-electron chi connectivity index (χ4n) is 3.00. The Bertz CT molecular complexity index is 478. The number of nitrogens with one attached hydrogen (secondary N) is 2. The number of hydrazine groups is 1. The van der Waals surface area contributed by atoms with Gasteiger partial charge in [0.1, 0.15) is 0 Å². The van der Waals surface area contributed by atoms with E-state index >= 15 is 0 Å². The van der Waals surface area contributed by atoms with Gasteiger partial charge in [0.15, 0.2) is 0 Å². The summed E-state index contributed by atoms with van der Waals surface area (Å²) in [7, 11) is 0. The molecule has 2 atom stereocenters. The highest BCUT2D eigenvalue weighted by Gasteiger charge is 2.24. The van der Waals surface area contributed by atoms with E-state index in [0.29, 0.717) is 17.8 Å². The van der Waals surface area contributed by atoms with E-state index in [0.717, 1.165) is 51.6 Å². The molecule has 0 radical (unpaired) electrons. The Hall–Kier alpha value is -1.67. The Morgan fingerprint density at radius 3 is 2.43 bits per heavy atom. The van der Waals surface area contributed by atoms with E-state index in [1.807, 2.05) is 0 Å². The minimum absolute atomic E-state index is 0.00166. The van der Waals surface area contributed by atoms with Crippen molar-refractivity contribution in [2.75, 3.05) is 28.7 Å². The van der Waals surface area contributed by atoms with Crippen molar-refractivity contribution in [3.8, 4) is 0 Å². The lowest BCUT2D eigenvalue weighted by Gasteiger charge is -2.28. The van der Waals surface area contributed by atoms with Crippen LogP contribution < -0.4 is 21.5 Å². The van der Waals surface area contributed by atoms with Crippen molar-refractivity contribution in [3.63, 3.8) is 0 Å². The number of nitrogens with zero attached hydrogens (tertiary/aromatic N) is 4. The zero-order valence-corrected chi connectivity index (χ0v) is 12.1. The first-order valence-corrected chi connectivity index (χ1v) is 7.68. The number of aliphatic hydroxyl groups is 1. The van der Waals surface area contributed by atoms with Crippen LogP contribution in [0.5, 0.6) is 0 Å². The molecule has 1 aromatic rings. The molecule has 1 aliphatic carbocycles. The number of hydrogen-bond donors (Lipinski definition) is 4. The van der Waals surface area contributed by atoms with E-state index in [-0.39, 0.29) is 12.1 Å². The monoisotopic (exact) mass is 293 g/mol. The molecule has 0 spiro atoms. The van der Waals surface area contributed by atoms with Crippen LogP contribution >= 0.6 is 0 Å². The number of rotatable bonds is 4. The molecule has 1 saturated carbocycles. The third kappa shape index (κ3) is 3.33. The summed E-state index contributed by atoms with van der Waals surface area (Å²) in [6.45, 7) is 1.92. The number of nitrogens with two attached hydrogens (primary N) is 1.